The van der Waals surface area contributed by atoms with Crippen molar-refractivity contribution in [3.63, 3.8) is 0 Å². The van der Waals surface area contributed by atoms with E-state index in [-0.39, 0.29) is 11.7 Å². The summed E-state index contributed by atoms with van der Waals surface area (Å²) in [5.41, 5.74) is 3.22. The van der Waals surface area contributed by atoms with Crippen LogP contribution in [0.2, 0.25) is 0 Å². The molecule has 2 aromatic carbocycles. The summed E-state index contributed by atoms with van der Waals surface area (Å²) in [4.78, 5) is 18.1. The molecule has 1 amide bonds. The molecule has 0 radical (unpaired) electrons. The first kappa shape index (κ1) is 18.9. The van der Waals surface area contributed by atoms with E-state index in [0.717, 1.165) is 4.90 Å². The second kappa shape index (κ2) is 8.22. The van der Waals surface area contributed by atoms with Crippen LogP contribution in [0, 0.1) is 19.7 Å². The smallest absolute Gasteiger partial charge is 0.258 e. The van der Waals surface area contributed by atoms with E-state index in [4.69, 9.17) is 4.74 Å². The molecular formula is C21H19FN2O2S. The zero-order valence-electron chi connectivity index (χ0n) is 15.2. The maximum absolute atomic E-state index is 13.4. The van der Waals surface area contributed by atoms with Crippen molar-refractivity contribution in [3.8, 4) is 5.75 Å². The highest BCUT2D eigenvalue weighted by molar-refractivity contribution is 7.99. The average Bonchev–Trinajstić information content (AvgIpc) is 2.66. The van der Waals surface area contributed by atoms with Gasteiger partial charge in [0.15, 0.2) is 0 Å². The van der Waals surface area contributed by atoms with Crippen molar-refractivity contribution in [2.24, 2.45) is 0 Å². The van der Waals surface area contributed by atoms with E-state index in [1.54, 1.807) is 18.3 Å². The number of pyridine rings is 1. The highest BCUT2D eigenvalue weighted by Crippen LogP contribution is 2.31. The second-order valence-electron chi connectivity index (χ2n) is 6.00. The first-order valence-corrected chi connectivity index (χ1v) is 9.14. The van der Waals surface area contributed by atoms with E-state index in [2.05, 4.69) is 23.3 Å². The van der Waals surface area contributed by atoms with E-state index < -0.39 is 5.82 Å². The van der Waals surface area contributed by atoms with Gasteiger partial charge in [0.25, 0.3) is 5.91 Å². The molecular weight excluding hydrogens is 363 g/mol. The molecule has 3 rings (SSSR count). The number of nitrogens with one attached hydrogen (secondary N) is 1. The standard InChI is InChI=1S/C21H19FN2O2S/c1-13-6-8-16(11-14(13)2)27-21-17(5-4-10-23-21)20(25)24-18-9-7-15(22)12-19(18)26-3/h4-12H,1-3H3,(H,24,25). The number of hydrogen-bond donors (Lipinski definition) is 1. The minimum atomic E-state index is -0.433. The lowest BCUT2D eigenvalue weighted by Gasteiger charge is -2.12. The fourth-order valence-corrected chi connectivity index (χ4v) is 3.47. The number of ether oxygens (including phenoxy) is 1. The number of halogens is 1. The third-order valence-corrected chi connectivity index (χ3v) is 5.13. The van der Waals surface area contributed by atoms with Gasteiger partial charge in [-0.25, -0.2) is 9.37 Å². The highest BCUT2D eigenvalue weighted by Gasteiger charge is 2.16. The minimum Gasteiger partial charge on any atom is -0.494 e. The van der Waals surface area contributed by atoms with Gasteiger partial charge in [0.2, 0.25) is 0 Å². The van der Waals surface area contributed by atoms with Crippen molar-refractivity contribution in [2.75, 3.05) is 12.4 Å². The Balaban J connectivity index is 1.87. The molecule has 27 heavy (non-hydrogen) atoms. The Hall–Kier alpha value is -2.86. The van der Waals surface area contributed by atoms with Crippen LogP contribution in [0.4, 0.5) is 10.1 Å². The van der Waals surface area contributed by atoms with Gasteiger partial charge in [-0.15, -0.1) is 0 Å². The zero-order valence-corrected chi connectivity index (χ0v) is 16.1. The molecule has 0 bridgehead atoms. The van der Waals surface area contributed by atoms with E-state index >= 15 is 0 Å². The third-order valence-electron chi connectivity index (χ3n) is 4.12. The summed E-state index contributed by atoms with van der Waals surface area (Å²) >= 11 is 1.43. The molecule has 1 N–H and O–H groups in total. The Morgan fingerprint density at radius 1 is 1.11 bits per heavy atom. The number of hydrogen-bond acceptors (Lipinski definition) is 4. The van der Waals surface area contributed by atoms with Crippen LogP contribution >= 0.6 is 11.8 Å². The van der Waals surface area contributed by atoms with Gasteiger partial charge in [0, 0.05) is 17.2 Å². The van der Waals surface area contributed by atoms with Gasteiger partial charge >= 0.3 is 0 Å². The second-order valence-corrected chi connectivity index (χ2v) is 7.07. The summed E-state index contributed by atoms with van der Waals surface area (Å²) in [5, 5.41) is 3.36. The lowest BCUT2D eigenvalue weighted by Crippen LogP contribution is -2.14. The van der Waals surface area contributed by atoms with Gasteiger partial charge in [-0.1, -0.05) is 17.8 Å². The van der Waals surface area contributed by atoms with Crippen molar-refractivity contribution >= 4 is 23.4 Å². The largest absolute Gasteiger partial charge is 0.494 e. The molecule has 0 unspecified atom stereocenters. The normalized spacial score (nSPS) is 10.5. The molecule has 6 heteroatoms. The Morgan fingerprint density at radius 2 is 1.93 bits per heavy atom. The molecule has 1 heterocycles. The number of rotatable bonds is 5. The fourth-order valence-electron chi connectivity index (χ4n) is 2.49. The van der Waals surface area contributed by atoms with Crippen LogP contribution < -0.4 is 10.1 Å². The summed E-state index contributed by atoms with van der Waals surface area (Å²) in [6.07, 6.45) is 1.65. The first-order chi connectivity index (χ1) is 13.0. The number of aryl methyl sites for hydroxylation is 2. The van der Waals surface area contributed by atoms with Crippen molar-refractivity contribution in [3.05, 3.63) is 77.2 Å². The molecule has 0 fully saturated rings. The minimum absolute atomic E-state index is 0.260. The van der Waals surface area contributed by atoms with Gasteiger partial charge < -0.3 is 10.1 Å². The number of benzene rings is 2. The summed E-state index contributed by atoms with van der Waals surface area (Å²) in [6, 6.07) is 13.5. The van der Waals surface area contributed by atoms with Crippen molar-refractivity contribution in [1.82, 2.24) is 4.98 Å². The van der Waals surface area contributed by atoms with E-state index in [9.17, 15) is 9.18 Å². The maximum Gasteiger partial charge on any atom is 0.258 e. The van der Waals surface area contributed by atoms with Gasteiger partial charge in [0.05, 0.1) is 18.4 Å². The molecule has 0 aliphatic carbocycles. The fraction of sp³-hybridized carbons (Fsp3) is 0.143. The summed E-state index contributed by atoms with van der Waals surface area (Å²) < 4.78 is 18.5. The summed E-state index contributed by atoms with van der Waals surface area (Å²) in [6.45, 7) is 4.10. The van der Waals surface area contributed by atoms with Crippen LogP contribution in [0.5, 0.6) is 5.75 Å². The monoisotopic (exact) mass is 382 g/mol. The van der Waals surface area contributed by atoms with Gasteiger partial charge in [0.1, 0.15) is 16.6 Å². The number of anilines is 1. The predicted octanol–water partition coefficient (Wildman–Crippen LogP) is 5.25. The molecule has 0 spiro atoms. The van der Waals surface area contributed by atoms with Crippen LogP contribution in [-0.2, 0) is 0 Å². The van der Waals surface area contributed by atoms with E-state index in [0.29, 0.717) is 16.3 Å². The topological polar surface area (TPSA) is 51.2 Å². The molecule has 3 aromatic rings. The molecule has 0 aliphatic heterocycles. The number of methoxy groups -OCH3 is 1. The Kier molecular flexibility index (Phi) is 5.76. The molecule has 4 nitrogen and oxygen atoms in total. The molecule has 0 atom stereocenters. The van der Waals surface area contributed by atoms with Crippen LogP contribution in [0.15, 0.2) is 64.6 Å². The SMILES string of the molecule is COc1cc(F)ccc1NC(=O)c1cccnc1Sc1ccc(C)c(C)c1. The number of carbonyl (C=O) groups excluding carboxylic acids is 1. The van der Waals surface area contributed by atoms with E-state index in [1.165, 1.54) is 48.2 Å². The quantitative estimate of drug-likeness (QED) is 0.655. The van der Waals surface area contributed by atoms with Crippen LogP contribution in [0.25, 0.3) is 0 Å². The summed E-state index contributed by atoms with van der Waals surface area (Å²) in [5.74, 6) is -0.507. The number of aromatic nitrogens is 1. The molecule has 138 valence electrons. The average molecular weight is 382 g/mol. The molecule has 0 saturated heterocycles. The Bertz CT molecular complexity index is 992. The number of nitrogens with zero attached hydrogens (tertiary/aromatic N) is 1. The lowest BCUT2D eigenvalue weighted by atomic mass is 10.1. The Morgan fingerprint density at radius 3 is 2.67 bits per heavy atom. The highest BCUT2D eigenvalue weighted by atomic mass is 32.2. The van der Waals surface area contributed by atoms with Crippen molar-refractivity contribution in [2.45, 2.75) is 23.8 Å². The number of amides is 1. The predicted molar refractivity (Wildman–Crippen MR) is 105 cm³/mol. The van der Waals surface area contributed by atoms with Crippen molar-refractivity contribution < 1.29 is 13.9 Å². The first-order valence-electron chi connectivity index (χ1n) is 8.33. The van der Waals surface area contributed by atoms with Crippen molar-refractivity contribution in [1.29, 1.82) is 0 Å². The Labute approximate surface area is 161 Å². The molecule has 0 aliphatic rings. The van der Waals surface area contributed by atoms with Gasteiger partial charge in [-0.3, -0.25) is 4.79 Å². The maximum atomic E-state index is 13.4. The van der Waals surface area contributed by atoms with Gasteiger partial charge in [-0.2, -0.15) is 0 Å². The zero-order chi connectivity index (χ0) is 19.4. The molecule has 1 aromatic heterocycles. The third kappa shape index (κ3) is 4.46. The number of carbonyl (C=O) groups is 1. The van der Waals surface area contributed by atoms with Crippen LogP contribution in [0.3, 0.4) is 0 Å². The van der Waals surface area contributed by atoms with Gasteiger partial charge in [-0.05, 0) is 61.4 Å². The van der Waals surface area contributed by atoms with Crippen LogP contribution in [-0.4, -0.2) is 18.0 Å². The van der Waals surface area contributed by atoms with E-state index in [1.807, 2.05) is 19.1 Å². The lowest BCUT2D eigenvalue weighted by molar-refractivity contribution is 0.102. The van der Waals surface area contributed by atoms with Crippen LogP contribution in [0.1, 0.15) is 21.5 Å². The summed E-state index contributed by atoms with van der Waals surface area (Å²) in [7, 11) is 1.43. The molecule has 0 saturated carbocycles.